The summed E-state index contributed by atoms with van der Waals surface area (Å²) in [6.07, 6.45) is -0.0219. The van der Waals surface area contributed by atoms with Gasteiger partial charge in [-0.15, -0.1) is 0 Å². The van der Waals surface area contributed by atoms with Crippen molar-refractivity contribution in [3.63, 3.8) is 0 Å². The summed E-state index contributed by atoms with van der Waals surface area (Å²) in [5.41, 5.74) is 2.92. The first kappa shape index (κ1) is 15.8. The van der Waals surface area contributed by atoms with E-state index in [-0.39, 0.29) is 6.42 Å². The average molecular weight is 302 g/mol. The summed E-state index contributed by atoms with van der Waals surface area (Å²) < 4.78 is 4.89. The quantitative estimate of drug-likeness (QED) is 0.882. The zero-order chi connectivity index (χ0) is 16.3. The number of aliphatic carboxylic acids is 1. The Kier molecular flexibility index (Phi) is 4.60. The van der Waals surface area contributed by atoms with E-state index in [0.717, 1.165) is 11.1 Å². The number of nitrogens with zero attached hydrogens (tertiary/aromatic N) is 1. The van der Waals surface area contributed by atoms with Crippen molar-refractivity contribution in [2.75, 3.05) is 0 Å². The Balaban J connectivity index is 2.14. The minimum atomic E-state index is -1.10. The highest BCUT2D eigenvalue weighted by Crippen LogP contribution is 2.18. The molecule has 0 bridgehead atoms. The summed E-state index contributed by atoms with van der Waals surface area (Å²) in [5, 5.41) is 15.6. The van der Waals surface area contributed by atoms with Gasteiger partial charge in [-0.1, -0.05) is 34.5 Å². The highest BCUT2D eigenvalue weighted by Gasteiger charge is 2.23. The molecule has 0 aliphatic carbocycles. The maximum absolute atomic E-state index is 12.0. The molecule has 2 aromatic rings. The number of rotatable bonds is 5. The number of carboxylic acids is 1. The molecule has 2 N–H and O–H groups in total. The van der Waals surface area contributed by atoms with Crippen LogP contribution in [0.2, 0.25) is 0 Å². The molecule has 1 atom stereocenters. The lowest BCUT2D eigenvalue weighted by molar-refractivity contribution is -0.142. The number of hydrogen-bond acceptors (Lipinski definition) is 4. The fourth-order valence-electron chi connectivity index (χ4n) is 2.34. The number of carbonyl (C=O) groups is 2. The van der Waals surface area contributed by atoms with Crippen molar-refractivity contribution in [3.8, 4) is 0 Å². The lowest BCUT2D eigenvalue weighted by atomic mass is 10.0. The molecule has 1 aromatic carbocycles. The Morgan fingerprint density at radius 3 is 2.32 bits per heavy atom. The second-order valence-corrected chi connectivity index (χ2v) is 5.37. The van der Waals surface area contributed by atoms with E-state index in [1.165, 1.54) is 0 Å². The van der Waals surface area contributed by atoms with Gasteiger partial charge in [0.25, 0.3) is 0 Å². The van der Waals surface area contributed by atoms with Crippen LogP contribution in [0.25, 0.3) is 0 Å². The van der Waals surface area contributed by atoms with Crippen molar-refractivity contribution in [2.45, 2.75) is 33.2 Å². The van der Waals surface area contributed by atoms with Crippen molar-refractivity contribution in [1.29, 1.82) is 0 Å². The predicted molar refractivity (Wildman–Crippen MR) is 79.4 cm³/mol. The molecular weight excluding hydrogens is 284 g/mol. The molecule has 0 radical (unpaired) electrons. The van der Waals surface area contributed by atoms with Gasteiger partial charge in [0, 0.05) is 6.07 Å². The number of carboxylic acid groups (broad SMARTS) is 1. The molecule has 0 aliphatic rings. The van der Waals surface area contributed by atoms with Gasteiger partial charge in [0.15, 0.2) is 6.04 Å². The SMILES string of the molecule is Cc1cc(C)cc(C(NC(=O)Cc2cc(C)on2)C(=O)O)c1. The molecule has 1 aromatic heterocycles. The number of nitrogens with one attached hydrogen (secondary N) is 1. The Bertz CT molecular complexity index is 686. The Morgan fingerprint density at radius 2 is 1.82 bits per heavy atom. The molecule has 0 aliphatic heterocycles. The first-order valence-electron chi connectivity index (χ1n) is 6.87. The van der Waals surface area contributed by atoms with Crippen LogP contribution in [0.1, 0.15) is 34.2 Å². The fourth-order valence-corrected chi connectivity index (χ4v) is 2.34. The van der Waals surface area contributed by atoms with Gasteiger partial charge < -0.3 is 14.9 Å². The first-order valence-corrected chi connectivity index (χ1v) is 6.87. The molecular formula is C16H18N2O4. The van der Waals surface area contributed by atoms with Crippen LogP contribution in [0.15, 0.2) is 28.8 Å². The van der Waals surface area contributed by atoms with E-state index in [2.05, 4.69) is 10.5 Å². The molecule has 22 heavy (non-hydrogen) atoms. The Labute approximate surface area is 128 Å². The van der Waals surface area contributed by atoms with E-state index < -0.39 is 17.9 Å². The molecule has 2 rings (SSSR count). The summed E-state index contributed by atoms with van der Waals surface area (Å²) in [6, 6.07) is 6.02. The van der Waals surface area contributed by atoms with Crippen LogP contribution < -0.4 is 5.32 Å². The topological polar surface area (TPSA) is 92.4 Å². The maximum atomic E-state index is 12.0. The van der Waals surface area contributed by atoms with Crippen LogP contribution >= 0.6 is 0 Å². The van der Waals surface area contributed by atoms with Gasteiger partial charge in [0.2, 0.25) is 5.91 Å². The molecule has 6 nitrogen and oxygen atoms in total. The zero-order valence-electron chi connectivity index (χ0n) is 12.7. The molecule has 0 fully saturated rings. The third-order valence-electron chi connectivity index (χ3n) is 3.15. The lowest BCUT2D eigenvalue weighted by Gasteiger charge is -2.16. The average Bonchev–Trinajstić information content (AvgIpc) is 2.79. The van der Waals surface area contributed by atoms with Gasteiger partial charge in [-0.25, -0.2) is 4.79 Å². The van der Waals surface area contributed by atoms with Crippen molar-refractivity contribution in [1.82, 2.24) is 10.5 Å². The second kappa shape index (κ2) is 6.43. The van der Waals surface area contributed by atoms with Crippen molar-refractivity contribution in [2.24, 2.45) is 0 Å². The van der Waals surface area contributed by atoms with Gasteiger partial charge in [-0.05, 0) is 26.3 Å². The Morgan fingerprint density at radius 1 is 1.18 bits per heavy atom. The monoisotopic (exact) mass is 302 g/mol. The van der Waals surface area contributed by atoms with Crippen LogP contribution in [0.5, 0.6) is 0 Å². The second-order valence-electron chi connectivity index (χ2n) is 5.37. The van der Waals surface area contributed by atoms with E-state index in [1.807, 2.05) is 19.9 Å². The zero-order valence-corrected chi connectivity index (χ0v) is 12.7. The highest BCUT2D eigenvalue weighted by atomic mass is 16.5. The predicted octanol–water partition coefficient (Wildman–Crippen LogP) is 2.08. The van der Waals surface area contributed by atoms with E-state index in [0.29, 0.717) is 17.0 Å². The van der Waals surface area contributed by atoms with E-state index >= 15 is 0 Å². The van der Waals surface area contributed by atoms with Crippen LogP contribution in [-0.4, -0.2) is 22.1 Å². The number of benzene rings is 1. The molecule has 1 amide bonds. The van der Waals surface area contributed by atoms with Gasteiger partial charge >= 0.3 is 5.97 Å². The molecule has 1 unspecified atom stereocenters. The third kappa shape index (κ3) is 3.94. The number of aromatic nitrogens is 1. The summed E-state index contributed by atoms with van der Waals surface area (Å²) >= 11 is 0. The van der Waals surface area contributed by atoms with Gasteiger partial charge in [0.05, 0.1) is 12.1 Å². The van der Waals surface area contributed by atoms with Crippen molar-refractivity contribution >= 4 is 11.9 Å². The maximum Gasteiger partial charge on any atom is 0.330 e. The van der Waals surface area contributed by atoms with Gasteiger partial charge in [-0.3, -0.25) is 4.79 Å². The van der Waals surface area contributed by atoms with E-state index in [1.54, 1.807) is 25.1 Å². The Hall–Kier alpha value is -2.63. The summed E-state index contributed by atoms with van der Waals surface area (Å²) in [4.78, 5) is 23.5. The number of hydrogen-bond donors (Lipinski definition) is 2. The summed E-state index contributed by atoms with van der Waals surface area (Å²) in [5.74, 6) is -0.915. The molecule has 116 valence electrons. The largest absolute Gasteiger partial charge is 0.479 e. The molecule has 0 saturated carbocycles. The van der Waals surface area contributed by atoms with Crippen molar-refractivity contribution < 1.29 is 19.2 Å². The minimum Gasteiger partial charge on any atom is -0.479 e. The van der Waals surface area contributed by atoms with Gasteiger partial charge in [0.1, 0.15) is 5.76 Å². The minimum absolute atomic E-state index is 0.0219. The van der Waals surface area contributed by atoms with Crippen molar-refractivity contribution in [3.05, 3.63) is 52.4 Å². The number of amides is 1. The van der Waals surface area contributed by atoms with E-state index in [4.69, 9.17) is 4.52 Å². The summed E-state index contributed by atoms with van der Waals surface area (Å²) in [6.45, 7) is 5.49. The van der Waals surface area contributed by atoms with Crippen LogP contribution in [0.3, 0.4) is 0 Å². The number of aryl methyl sites for hydroxylation is 3. The standard InChI is InChI=1S/C16H18N2O4/c1-9-4-10(2)6-12(5-9)15(16(20)21)17-14(19)8-13-7-11(3)22-18-13/h4-7,15H,8H2,1-3H3,(H,17,19)(H,20,21). The molecule has 0 spiro atoms. The first-order chi connectivity index (χ1) is 10.3. The van der Waals surface area contributed by atoms with Gasteiger partial charge in [-0.2, -0.15) is 0 Å². The van der Waals surface area contributed by atoms with E-state index in [9.17, 15) is 14.7 Å². The molecule has 6 heteroatoms. The molecule has 1 heterocycles. The summed E-state index contributed by atoms with van der Waals surface area (Å²) in [7, 11) is 0. The fraction of sp³-hybridized carbons (Fsp3) is 0.312. The normalized spacial score (nSPS) is 12.0. The molecule has 0 saturated heterocycles. The lowest BCUT2D eigenvalue weighted by Crippen LogP contribution is -2.34. The smallest absolute Gasteiger partial charge is 0.330 e. The third-order valence-corrected chi connectivity index (χ3v) is 3.15. The van der Waals surface area contributed by atoms with Crippen LogP contribution in [0.4, 0.5) is 0 Å². The number of carbonyl (C=O) groups excluding carboxylic acids is 1. The highest BCUT2D eigenvalue weighted by molar-refractivity contribution is 5.85. The van der Waals surface area contributed by atoms with Crippen LogP contribution in [-0.2, 0) is 16.0 Å². The van der Waals surface area contributed by atoms with Crippen LogP contribution in [0, 0.1) is 20.8 Å².